The van der Waals surface area contributed by atoms with E-state index in [-0.39, 0.29) is 29.9 Å². The van der Waals surface area contributed by atoms with Crippen LogP contribution in [-0.4, -0.2) is 58.7 Å². The maximum atomic E-state index is 13.7. The zero-order valence-electron chi connectivity index (χ0n) is 19.9. The summed E-state index contributed by atoms with van der Waals surface area (Å²) in [7, 11) is -2.31. The first kappa shape index (κ1) is 25.1. The van der Waals surface area contributed by atoms with Gasteiger partial charge in [-0.15, -0.1) is 0 Å². The van der Waals surface area contributed by atoms with Crippen molar-refractivity contribution in [2.45, 2.75) is 51.0 Å². The van der Waals surface area contributed by atoms with Gasteiger partial charge in [-0.25, -0.2) is 8.42 Å². The van der Waals surface area contributed by atoms with E-state index in [9.17, 15) is 13.2 Å². The molecular formula is C25H34N2O5S. The zero-order valence-corrected chi connectivity index (χ0v) is 20.7. The second-order valence-electron chi connectivity index (χ2n) is 8.35. The van der Waals surface area contributed by atoms with Gasteiger partial charge in [0.05, 0.1) is 23.8 Å². The third-order valence-electron chi connectivity index (χ3n) is 5.92. The third-order valence-corrected chi connectivity index (χ3v) is 7.91. The highest BCUT2D eigenvalue weighted by molar-refractivity contribution is 7.92. The Bertz CT molecular complexity index is 1050. The second kappa shape index (κ2) is 11.0. The fraction of sp³-hybridized carbons (Fsp3) is 0.480. The normalized spacial score (nSPS) is 16.5. The largest absolute Gasteiger partial charge is 0.497 e. The van der Waals surface area contributed by atoms with Crippen LogP contribution in [0.5, 0.6) is 5.75 Å². The molecule has 0 aromatic heterocycles. The molecule has 1 fully saturated rings. The predicted molar refractivity (Wildman–Crippen MR) is 129 cm³/mol. The van der Waals surface area contributed by atoms with Crippen molar-refractivity contribution in [2.24, 2.45) is 0 Å². The van der Waals surface area contributed by atoms with E-state index in [1.54, 1.807) is 55.3 Å². The van der Waals surface area contributed by atoms with Gasteiger partial charge in [-0.3, -0.25) is 9.10 Å². The lowest BCUT2D eigenvalue weighted by atomic mass is 10.1. The smallest absolute Gasteiger partial charge is 0.264 e. The van der Waals surface area contributed by atoms with Crippen LogP contribution in [-0.2, 0) is 19.6 Å². The van der Waals surface area contributed by atoms with Gasteiger partial charge in [-0.2, -0.15) is 0 Å². The lowest BCUT2D eigenvalue weighted by molar-refractivity contribution is -0.135. The molecule has 8 heteroatoms. The number of sulfonamides is 1. The number of nitrogens with zero attached hydrogens (tertiary/aromatic N) is 2. The molecule has 1 unspecified atom stereocenters. The molecule has 2 aromatic carbocycles. The summed E-state index contributed by atoms with van der Waals surface area (Å²) < 4.78 is 39.6. The highest BCUT2D eigenvalue weighted by Gasteiger charge is 2.29. The minimum absolute atomic E-state index is 0.0457. The molecule has 1 atom stereocenters. The molecule has 0 aliphatic carbocycles. The standard InChI is InChI=1S/C25H34N2O5S/c1-5-32-23-7-6-15-26(18-23)25(28)14-16-27(21-9-11-22(31-4)12-10-21)33(29,30)24-13-8-19(2)17-20(24)3/h8-13,17,23H,5-7,14-16,18H2,1-4H3. The minimum atomic E-state index is -3.87. The monoisotopic (exact) mass is 474 g/mol. The van der Waals surface area contributed by atoms with Crippen molar-refractivity contribution in [2.75, 3.05) is 37.7 Å². The Morgan fingerprint density at radius 2 is 1.88 bits per heavy atom. The van der Waals surface area contributed by atoms with Crippen LogP contribution in [0, 0.1) is 13.8 Å². The van der Waals surface area contributed by atoms with Gasteiger partial charge >= 0.3 is 0 Å². The maximum absolute atomic E-state index is 13.7. The van der Waals surface area contributed by atoms with Gasteiger partial charge in [-0.1, -0.05) is 17.7 Å². The molecule has 180 valence electrons. The van der Waals surface area contributed by atoms with Crippen molar-refractivity contribution >= 4 is 21.6 Å². The summed E-state index contributed by atoms with van der Waals surface area (Å²) in [6.07, 6.45) is 1.97. The zero-order chi connectivity index (χ0) is 24.0. The van der Waals surface area contributed by atoms with E-state index in [2.05, 4.69) is 0 Å². The Labute approximate surface area is 197 Å². The molecular weight excluding hydrogens is 440 g/mol. The quantitative estimate of drug-likeness (QED) is 0.551. The van der Waals surface area contributed by atoms with Crippen molar-refractivity contribution in [3.63, 3.8) is 0 Å². The van der Waals surface area contributed by atoms with E-state index >= 15 is 0 Å². The number of amides is 1. The SMILES string of the molecule is CCOC1CCCN(C(=O)CCN(c2ccc(OC)cc2)S(=O)(=O)c2ccc(C)cc2C)C1. The van der Waals surface area contributed by atoms with Crippen molar-refractivity contribution in [3.05, 3.63) is 53.6 Å². The van der Waals surface area contributed by atoms with Crippen LogP contribution in [0.1, 0.15) is 37.3 Å². The van der Waals surface area contributed by atoms with Crippen LogP contribution in [0.4, 0.5) is 5.69 Å². The van der Waals surface area contributed by atoms with Gasteiger partial charge in [0.15, 0.2) is 0 Å². The van der Waals surface area contributed by atoms with Crippen LogP contribution >= 0.6 is 0 Å². The van der Waals surface area contributed by atoms with E-state index in [1.807, 2.05) is 19.9 Å². The Hall–Kier alpha value is -2.58. The summed E-state index contributed by atoms with van der Waals surface area (Å²) in [5, 5.41) is 0. The van der Waals surface area contributed by atoms with Crippen molar-refractivity contribution in [3.8, 4) is 5.75 Å². The van der Waals surface area contributed by atoms with E-state index < -0.39 is 10.0 Å². The molecule has 3 rings (SSSR count). The van der Waals surface area contributed by atoms with E-state index in [4.69, 9.17) is 9.47 Å². The number of rotatable bonds is 9. The number of anilines is 1. The van der Waals surface area contributed by atoms with Gasteiger partial charge in [0, 0.05) is 32.7 Å². The van der Waals surface area contributed by atoms with Crippen LogP contribution in [0.15, 0.2) is 47.4 Å². The van der Waals surface area contributed by atoms with Crippen LogP contribution in [0.3, 0.4) is 0 Å². The summed E-state index contributed by atoms with van der Waals surface area (Å²) in [5.74, 6) is 0.572. The van der Waals surface area contributed by atoms with E-state index in [0.717, 1.165) is 18.4 Å². The van der Waals surface area contributed by atoms with Gasteiger partial charge < -0.3 is 14.4 Å². The lowest BCUT2D eigenvalue weighted by Crippen LogP contribution is -2.44. The molecule has 2 aromatic rings. The lowest BCUT2D eigenvalue weighted by Gasteiger charge is -2.33. The van der Waals surface area contributed by atoms with E-state index in [1.165, 1.54) is 4.31 Å². The number of methoxy groups -OCH3 is 1. The fourth-order valence-electron chi connectivity index (χ4n) is 4.24. The highest BCUT2D eigenvalue weighted by Crippen LogP contribution is 2.28. The van der Waals surface area contributed by atoms with Gasteiger partial charge in [0.1, 0.15) is 5.75 Å². The number of ether oxygens (including phenoxy) is 2. The van der Waals surface area contributed by atoms with Gasteiger partial charge in [0.2, 0.25) is 5.91 Å². The molecule has 1 saturated heterocycles. The fourth-order valence-corrected chi connectivity index (χ4v) is 5.91. The number of likely N-dealkylation sites (tertiary alicyclic amines) is 1. The Morgan fingerprint density at radius 3 is 2.52 bits per heavy atom. The molecule has 1 aliphatic heterocycles. The van der Waals surface area contributed by atoms with Crippen LogP contribution in [0.25, 0.3) is 0 Å². The number of piperidine rings is 1. The first-order valence-corrected chi connectivity index (χ1v) is 12.8. The number of carbonyl (C=O) groups is 1. The molecule has 0 N–H and O–H groups in total. The summed E-state index contributed by atoms with van der Waals surface area (Å²) in [6, 6.07) is 12.1. The topological polar surface area (TPSA) is 76.2 Å². The number of hydrogen-bond acceptors (Lipinski definition) is 5. The molecule has 1 heterocycles. The predicted octanol–water partition coefficient (Wildman–Crippen LogP) is 3.92. The molecule has 7 nitrogen and oxygen atoms in total. The Morgan fingerprint density at radius 1 is 1.15 bits per heavy atom. The molecule has 0 bridgehead atoms. The Balaban J connectivity index is 1.85. The second-order valence-corrected chi connectivity index (χ2v) is 10.2. The third kappa shape index (κ3) is 6.06. The van der Waals surface area contributed by atoms with Gasteiger partial charge in [-0.05, 0) is 69.5 Å². The molecule has 1 amide bonds. The number of benzene rings is 2. The summed E-state index contributed by atoms with van der Waals surface area (Å²) in [6.45, 7) is 7.57. The van der Waals surface area contributed by atoms with E-state index in [0.29, 0.717) is 36.7 Å². The molecule has 33 heavy (non-hydrogen) atoms. The first-order valence-electron chi connectivity index (χ1n) is 11.4. The average molecular weight is 475 g/mol. The van der Waals surface area contributed by atoms with Crippen molar-refractivity contribution < 1.29 is 22.7 Å². The van der Waals surface area contributed by atoms with Crippen molar-refractivity contribution in [1.29, 1.82) is 0 Å². The average Bonchev–Trinajstić information content (AvgIpc) is 2.79. The van der Waals surface area contributed by atoms with Crippen LogP contribution < -0.4 is 9.04 Å². The van der Waals surface area contributed by atoms with Gasteiger partial charge in [0.25, 0.3) is 10.0 Å². The van der Waals surface area contributed by atoms with Crippen LogP contribution in [0.2, 0.25) is 0 Å². The van der Waals surface area contributed by atoms with Crippen molar-refractivity contribution in [1.82, 2.24) is 4.90 Å². The Kier molecular flexibility index (Phi) is 8.37. The molecule has 0 saturated carbocycles. The number of aryl methyl sites for hydroxylation is 2. The maximum Gasteiger partial charge on any atom is 0.264 e. The molecule has 0 radical (unpaired) electrons. The molecule has 1 aliphatic rings. The summed E-state index contributed by atoms with van der Waals surface area (Å²) in [5.41, 5.74) is 2.16. The number of hydrogen-bond donors (Lipinski definition) is 0. The first-order chi connectivity index (χ1) is 15.8. The highest BCUT2D eigenvalue weighted by atomic mass is 32.2. The summed E-state index contributed by atoms with van der Waals surface area (Å²) >= 11 is 0. The molecule has 0 spiro atoms. The summed E-state index contributed by atoms with van der Waals surface area (Å²) in [4.78, 5) is 15.0. The number of carbonyl (C=O) groups excluding carboxylic acids is 1. The minimum Gasteiger partial charge on any atom is -0.497 e.